The molecule has 1 aromatic rings. The van der Waals surface area contributed by atoms with Crippen LogP contribution in [0.5, 0.6) is 0 Å². The Morgan fingerprint density at radius 2 is 2.17 bits per heavy atom. The van der Waals surface area contributed by atoms with Crippen LogP contribution in [0.4, 0.5) is 4.39 Å². The highest BCUT2D eigenvalue weighted by Crippen LogP contribution is 2.30. The Morgan fingerprint density at radius 3 is 2.94 bits per heavy atom. The van der Waals surface area contributed by atoms with Crippen molar-refractivity contribution in [3.8, 4) is 0 Å². The molecule has 1 unspecified atom stereocenters. The van der Waals surface area contributed by atoms with Crippen molar-refractivity contribution in [1.82, 2.24) is 5.32 Å². The van der Waals surface area contributed by atoms with E-state index in [9.17, 15) is 4.39 Å². The maximum atomic E-state index is 13.6. The molecule has 1 aliphatic heterocycles. The van der Waals surface area contributed by atoms with Crippen LogP contribution in [0.1, 0.15) is 44.6 Å². The predicted molar refractivity (Wildman–Crippen MR) is 77.3 cm³/mol. The van der Waals surface area contributed by atoms with Gasteiger partial charge in [0.1, 0.15) is 5.82 Å². The molecule has 0 aliphatic carbocycles. The summed E-state index contributed by atoms with van der Waals surface area (Å²) in [5.41, 5.74) is 1.22. The highest BCUT2D eigenvalue weighted by atomic mass is 79.9. The fourth-order valence-corrected chi connectivity index (χ4v) is 3.24. The lowest BCUT2D eigenvalue weighted by Gasteiger charge is -2.33. The monoisotopic (exact) mass is 313 g/mol. The van der Waals surface area contributed by atoms with Crippen LogP contribution in [0.15, 0.2) is 22.7 Å². The molecule has 1 aliphatic rings. The van der Waals surface area contributed by atoms with Crippen molar-refractivity contribution in [2.24, 2.45) is 0 Å². The average Bonchev–Trinajstić information content (AvgIpc) is 2.61. The van der Waals surface area contributed by atoms with Gasteiger partial charge in [-0.3, -0.25) is 0 Å². The number of benzene rings is 1. The molecule has 1 heterocycles. The van der Waals surface area contributed by atoms with E-state index in [-0.39, 0.29) is 11.4 Å². The van der Waals surface area contributed by atoms with Crippen LogP contribution >= 0.6 is 15.9 Å². The fraction of sp³-hybridized carbons (Fsp3) is 0.600. The first-order valence-electron chi connectivity index (χ1n) is 6.85. The Bertz CT molecular complexity index is 397. The molecule has 2 rings (SSSR count). The van der Waals surface area contributed by atoms with Crippen LogP contribution in [-0.2, 0) is 6.42 Å². The summed E-state index contributed by atoms with van der Waals surface area (Å²) in [6, 6.07) is 5.33. The minimum absolute atomic E-state index is 0.146. The van der Waals surface area contributed by atoms with Crippen LogP contribution in [0.2, 0.25) is 0 Å². The van der Waals surface area contributed by atoms with Crippen molar-refractivity contribution in [3.05, 3.63) is 34.1 Å². The summed E-state index contributed by atoms with van der Waals surface area (Å²) in [7, 11) is 0. The van der Waals surface area contributed by atoms with Crippen molar-refractivity contribution in [2.75, 3.05) is 6.54 Å². The molecule has 0 saturated carbocycles. The maximum absolute atomic E-state index is 13.6. The van der Waals surface area contributed by atoms with E-state index in [4.69, 9.17) is 0 Å². The Hall–Kier alpha value is -0.410. The molecule has 0 radical (unpaired) electrons. The van der Waals surface area contributed by atoms with Crippen molar-refractivity contribution >= 4 is 15.9 Å². The number of halogens is 2. The van der Waals surface area contributed by atoms with E-state index in [1.165, 1.54) is 31.7 Å². The van der Waals surface area contributed by atoms with Gasteiger partial charge in [-0.15, -0.1) is 0 Å². The Labute approximate surface area is 117 Å². The van der Waals surface area contributed by atoms with E-state index in [0.717, 1.165) is 24.9 Å². The molecule has 1 fully saturated rings. The van der Waals surface area contributed by atoms with Gasteiger partial charge in [0, 0.05) is 5.54 Å². The highest BCUT2D eigenvalue weighted by Gasteiger charge is 2.29. The minimum Gasteiger partial charge on any atom is -0.311 e. The van der Waals surface area contributed by atoms with Crippen LogP contribution in [-0.4, -0.2) is 12.1 Å². The van der Waals surface area contributed by atoms with Gasteiger partial charge in [0.25, 0.3) is 0 Å². The van der Waals surface area contributed by atoms with Gasteiger partial charge in [-0.05, 0) is 59.8 Å². The molecule has 1 aromatic carbocycles. The zero-order chi connectivity index (χ0) is 13.0. The van der Waals surface area contributed by atoms with Gasteiger partial charge in [0.15, 0.2) is 0 Å². The second-order valence-electron chi connectivity index (χ2n) is 5.26. The van der Waals surface area contributed by atoms with Crippen molar-refractivity contribution in [1.29, 1.82) is 0 Å². The first-order chi connectivity index (χ1) is 8.67. The number of hydrogen-bond donors (Lipinski definition) is 1. The van der Waals surface area contributed by atoms with Gasteiger partial charge in [0.05, 0.1) is 4.47 Å². The molecule has 1 atom stereocenters. The number of hydrogen-bond acceptors (Lipinski definition) is 1. The lowest BCUT2D eigenvalue weighted by Crippen LogP contribution is -2.46. The molecule has 0 spiro atoms. The van der Waals surface area contributed by atoms with Crippen molar-refractivity contribution < 1.29 is 4.39 Å². The minimum atomic E-state index is -0.160. The van der Waals surface area contributed by atoms with Gasteiger partial charge in [-0.1, -0.05) is 31.9 Å². The van der Waals surface area contributed by atoms with Gasteiger partial charge in [0.2, 0.25) is 0 Å². The first-order valence-corrected chi connectivity index (χ1v) is 7.64. The van der Waals surface area contributed by atoms with Crippen molar-refractivity contribution in [2.45, 2.75) is 51.0 Å². The molecule has 0 aromatic heterocycles. The first kappa shape index (κ1) is 14.0. The van der Waals surface area contributed by atoms with E-state index in [1.807, 2.05) is 6.07 Å². The summed E-state index contributed by atoms with van der Waals surface area (Å²) in [6.45, 7) is 3.31. The second kappa shape index (κ2) is 6.16. The lowest BCUT2D eigenvalue weighted by atomic mass is 9.84. The zero-order valence-corrected chi connectivity index (χ0v) is 12.5. The molecule has 1 saturated heterocycles. The quantitative estimate of drug-likeness (QED) is 0.869. The van der Waals surface area contributed by atoms with Gasteiger partial charge in [-0.25, -0.2) is 4.39 Å². The van der Waals surface area contributed by atoms with Gasteiger partial charge < -0.3 is 5.32 Å². The Balaban J connectivity index is 2.21. The second-order valence-corrected chi connectivity index (χ2v) is 6.05. The summed E-state index contributed by atoms with van der Waals surface area (Å²) in [4.78, 5) is 0. The summed E-state index contributed by atoms with van der Waals surface area (Å²) < 4.78 is 14.2. The van der Waals surface area contributed by atoms with E-state index in [1.54, 1.807) is 6.07 Å². The molecule has 100 valence electrons. The van der Waals surface area contributed by atoms with Crippen LogP contribution in [0.3, 0.4) is 0 Å². The standard InChI is InChI=1S/C15H21BrFN/c1-2-15(9-4-3-5-10-18-15)11-12-7-6-8-13(17)14(12)16/h6-8,18H,2-5,9-11H2,1H3. The van der Waals surface area contributed by atoms with Crippen LogP contribution in [0.25, 0.3) is 0 Å². The molecule has 3 heteroatoms. The number of rotatable bonds is 3. The van der Waals surface area contributed by atoms with Crippen LogP contribution in [0, 0.1) is 5.82 Å². The molecular weight excluding hydrogens is 293 g/mol. The Kier molecular flexibility index (Phi) is 4.79. The molecule has 0 bridgehead atoms. The summed E-state index contributed by atoms with van der Waals surface area (Å²) >= 11 is 3.38. The van der Waals surface area contributed by atoms with E-state index in [2.05, 4.69) is 28.2 Å². The number of nitrogens with one attached hydrogen (secondary N) is 1. The van der Waals surface area contributed by atoms with Crippen molar-refractivity contribution in [3.63, 3.8) is 0 Å². The average molecular weight is 314 g/mol. The van der Waals surface area contributed by atoms with E-state index >= 15 is 0 Å². The third-order valence-electron chi connectivity index (χ3n) is 4.07. The molecular formula is C15H21BrFN. The molecule has 0 amide bonds. The topological polar surface area (TPSA) is 12.0 Å². The summed E-state index contributed by atoms with van der Waals surface area (Å²) in [6.07, 6.45) is 7.02. The lowest BCUT2D eigenvalue weighted by molar-refractivity contribution is 0.301. The van der Waals surface area contributed by atoms with Gasteiger partial charge in [-0.2, -0.15) is 0 Å². The van der Waals surface area contributed by atoms with Crippen LogP contribution < -0.4 is 5.32 Å². The SMILES string of the molecule is CCC1(Cc2cccc(F)c2Br)CCCCCN1. The zero-order valence-electron chi connectivity index (χ0n) is 10.9. The summed E-state index contributed by atoms with van der Waals surface area (Å²) in [5.74, 6) is -0.160. The van der Waals surface area contributed by atoms with Gasteiger partial charge >= 0.3 is 0 Å². The largest absolute Gasteiger partial charge is 0.311 e. The van der Waals surface area contributed by atoms with E-state index < -0.39 is 0 Å². The summed E-state index contributed by atoms with van der Waals surface area (Å²) in [5, 5.41) is 3.70. The predicted octanol–water partition coefficient (Wildman–Crippen LogP) is 4.44. The Morgan fingerprint density at radius 1 is 1.33 bits per heavy atom. The third-order valence-corrected chi connectivity index (χ3v) is 4.96. The molecule has 1 nitrogen and oxygen atoms in total. The maximum Gasteiger partial charge on any atom is 0.137 e. The smallest absolute Gasteiger partial charge is 0.137 e. The normalized spacial score (nSPS) is 24.8. The third kappa shape index (κ3) is 3.12. The highest BCUT2D eigenvalue weighted by molar-refractivity contribution is 9.10. The van der Waals surface area contributed by atoms with E-state index in [0.29, 0.717) is 4.47 Å². The fourth-order valence-electron chi connectivity index (χ4n) is 2.83. The molecule has 18 heavy (non-hydrogen) atoms. The molecule has 1 N–H and O–H groups in total.